The molecule has 0 amide bonds. The highest BCUT2D eigenvalue weighted by atomic mass is 16.5. The molecular weight excluding hydrogens is 284 g/mol. The summed E-state index contributed by atoms with van der Waals surface area (Å²) in [4.78, 5) is 11.4. The first kappa shape index (κ1) is 15.9. The number of phenols is 1. The van der Waals surface area contributed by atoms with Gasteiger partial charge in [0.1, 0.15) is 17.2 Å². The molecule has 5 nitrogen and oxygen atoms in total. The van der Waals surface area contributed by atoms with Crippen molar-refractivity contribution in [1.82, 2.24) is 0 Å². The standard InChI is InChI=1S/C17H18O5/c1-21-17(20)12-7-9-13(10-8-12)22-16-6-2-5-15(19)14(16)4-3-11-18/h2,5-10,18-19H,3-4,11H2,1H3. The van der Waals surface area contributed by atoms with Crippen molar-refractivity contribution < 1.29 is 24.5 Å². The van der Waals surface area contributed by atoms with Crippen molar-refractivity contribution in [2.45, 2.75) is 12.8 Å². The highest BCUT2D eigenvalue weighted by Gasteiger charge is 2.10. The molecule has 0 unspecified atom stereocenters. The predicted octanol–water partition coefficient (Wildman–Crippen LogP) is 2.90. The molecule has 116 valence electrons. The van der Waals surface area contributed by atoms with Gasteiger partial charge in [-0.05, 0) is 49.2 Å². The zero-order chi connectivity index (χ0) is 15.9. The van der Waals surface area contributed by atoms with Crippen molar-refractivity contribution in [1.29, 1.82) is 0 Å². The molecule has 2 rings (SSSR count). The highest BCUT2D eigenvalue weighted by Crippen LogP contribution is 2.32. The third-order valence-corrected chi connectivity index (χ3v) is 3.20. The van der Waals surface area contributed by atoms with E-state index in [1.54, 1.807) is 42.5 Å². The highest BCUT2D eigenvalue weighted by molar-refractivity contribution is 5.89. The number of ether oxygens (including phenoxy) is 2. The van der Waals surface area contributed by atoms with Crippen molar-refractivity contribution >= 4 is 5.97 Å². The van der Waals surface area contributed by atoms with Gasteiger partial charge in [-0.2, -0.15) is 0 Å². The normalized spacial score (nSPS) is 10.3. The molecule has 22 heavy (non-hydrogen) atoms. The van der Waals surface area contributed by atoms with E-state index in [-0.39, 0.29) is 12.4 Å². The second-order valence-corrected chi connectivity index (χ2v) is 4.70. The van der Waals surface area contributed by atoms with E-state index >= 15 is 0 Å². The van der Waals surface area contributed by atoms with Crippen molar-refractivity contribution in [3.63, 3.8) is 0 Å². The number of carbonyl (C=O) groups is 1. The van der Waals surface area contributed by atoms with E-state index in [2.05, 4.69) is 4.74 Å². The van der Waals surface area contributed by atoms with E-state index in [0.29, 0.717) is 35.5 Å². The number of aliphatic hydroxyl groups excluding tert-OH is 1. The van der Waals surface area contributed by atoms with Crippen LogP contribution in [0.3, 0.4) is 0 Å². The molecule has 0 fully saturated rings. The topological polar surface area (TPSA) is 76.0 Å². The molecule has 5 heteroatoms. The smallest absolute Gasteiger partial charge is 0.337 e. The number of rotatable bonds is 6. The van der Waals surface area contributed by atoms with E-state index in [9.17, 15) is 9.90 Å². The molecule has 0 heterocycles. The Labute approximate surface area is 128 Å². The number of methoxy groups -OCH3 is 1. The minimum atomic E-state index is -0.410. The fourth-order valence-electron chi connectivity index (χ4n) is 2.06. The van der Waals surface area contributed by atoms with E-state index in [1.807, 2.05) is 0 Å². The maximum Gasteiger partial charge on any atom is 0.337 e. The van der Waals surface area contributed by atoms with Gasteiger partial charge in [-0.25, -0.2) is 4.79 Å². The van der Waals surface area contributed by atoms with Gasteiger partial charge in [0.2, 0.25) is 0 Å². The van der Waals surface area contributed by atoms with Gasteiger partial charge in [0.05, 0.1) is 12.7 Å². The summed E-state index contributed by atoms with van der Waals surface area (Å²) in [6, 6.07) is 11.6. The van der Waals surface area contributed by atoms with Crippen LogP contribution in [0.5, 0.6) is 17.2 Å². The minimum Gasteiger partial charge on any atom is -0.508 e. The van der Waals surface area contributed by atoms with Gasteiger partial charge < -0.3 is 19.7 Å². The predicted molar refractivity (Wildman–Crippen MR) is 81.4 cm³/mol. The van der Waals surface area contributed by atoms with Crippen LogP contribution in [0.2, 0.25) is 0 Å². The summed E-state index contributed by atoms with van der Waals surface area (Å²) in [5, 5.41) is 18.9. The van der Waals surface area contributed by atoms with E-state index in [4.69, 9.17) is 9.84 Å². The first-order chi connectivity index (χ1) is 10.7. The van der Waals surface area contributed by atoms with Gasteiger partial charge in [0.15, 0.2) is 0 Å². The zero-order valence-corrected chi connectivity index (χ0v) is 12.3. The molecule has 0 saturated heterocycles. The van der Waals surface area contributed by atoms with Crippen molar-refractivity contribution in [3.8, 4) is 17.2 Å². The second kappa shape index (κ2) is 7.47. The Morgan fingerprint density at radius 2 is 1.86 bits per heavy atom. The first-order valence-corrected chi connectivity index (χ1v) is 6.93. The quantitative estimate of drug-likeness (QED) is 0.802. The van der Waals surface area contributed by atoms with Crippen LogP contribution < -0.4 is 4.74 Å². The van der Waals surface area contributed by atoms with Gasteiger partial charge in [-0.15, -0.1) is 0 Å². The minimum absolute atomic E-state index is 0.0433. The van der Waals surface area contributed by atoms with Crippen molar-refractivity contribution in [3.05, 3.63) is 53.6 Å². The lowest BCUT2D eigenvalue weighted by molar-refractivity contribution is 0.0600. The Balaban J connectivity index is 2.19. The fourth-order valence-corrected chi connectivity index (χ4v) is 2.06. The summed E-state index contributed by atoms with van der Waals surface area (Å²) in [7, 11) is 1.33. The number of benzene rings is 2. The molecule has 0 aliphatic rings. The van der Waals surface area contributed by atoms with Gasteiger partial charge in [-0.3, -0.25) is 0 Å². The molecule has 2 aromatic carbocycles. The maximum atomic E-state index is 11.4. The van der Waals surface area contributed by atoms with Crippen molar-refractivity contribution in [2.75, 3.05) is 13.7 Å². The SMILES string of the molecule is COC(=O)c1ccc(Oc2cccc(O)c2CCCO)cc1. The summed E-state index contributed by atoms with van der Waals surface area (Å²) in [5.41, 5.74) is 1.08. The average molecular weight is 302 g/mol. The van der Waals surface area contributed by atoms with E-state index < -0.39 is 5.97 Å². The number of hydrogen-bond donors (Lipinski definition) is 2. The fraction of sp³-hybridized carbons (Fsp3) is 0.235. The van der Waals surface area contributed by atoms with Crippen LogP contribution in [0.4, 0.5) is 0 Å². The molecule has 0 aromatic heterocycles. The molecule has 0 saturated carbocycles. The number of aromatic hydroxyl groups is 1. The Morgan fingerprint density at radius 3 is 2.50 bits per heavy atom. The second-order valence-electron chi connectivity index (χ2n) is 4.70. The van der Waals surface area contributed by atoms with Crippen LogP contribution in [-0.4, -0.2) is 29.9 Å². The van der Waals surface area contributed by atoms with Gasteiger partial charge in [0, 0.05) is 12.2 Å². The van der Waals surface area contributed by atoms with Crippen LogP contribution in [0.15, 0.2) is 42.5 Å². The molecule has 2 N–H and O–H groups in total. The largest absolute Gasteiger partial charge is 0.508 e. The Hall–Kier alpha value is -2.53. The number of hydrogen-bond acceptors (Lipinski definition) is 5. The molecule has 0 bridgehead atoms. The van der Waals surface area contributed by atoms with E-state index in [0.717, 1.165) is 0 Å². The summed E-state index contributed by atoms with van der Waals surface area (Å²) >= 11 is 0. The zero-order valence-electron chi connectivity index (χ0n) is 12.3. The number of aliphatic hydroxyl groups is 1. The van der Waals surface area contributed by atoms with Crippen LogP contribution in [0, 0.1) is 0 Å². The lowest BCUT2D eigenvalue weighted by atomic mass is 10.1. The summed E-state index contributed by atoms with van der Waals surface area (Å²) in [6.07, 6.45) is 1.05. The monoisotopic (exact) mass is 302 g/mol. The molecule has 0 aliphatic heterocycles. The first-order valence-electron chi connectivity index (χ1n) is 6.93. The average Bonchev–Trinajstić information content (AvgIpc) is 2.54. The third kappa shape index (κ3) is 3.77. The summed E-state index contributed by atoms with van der Waals surface area (Å²) in [6.45, 7) is 0.0433. The summed E-state index contributed by atoms with van der Waals surface area (Å²) < 4.78 is 10.4. The Morgan fingerprint density at radius 1 is 1.14 bits per heavy atom. The Kier molecular flexibility index (Phi) is 5.38. The molecule has 0 radical (unpaired) electrons. The van der Waals surface area contributed by atoms with Crippen molar-refractivity contribution in [2.24, 2.45) is 0 Å². The van der Waals surface area contributed by atoms with E-state index in [1.165, 1.54) is 7.11 Å². The van der Waals surface area contributed by atoms with Crippen LogP contribution in [0.25, 0.3) is 0 Å². The van der Waals surface area contributed by atoms with Crippen LogP contribution in [0.1, 0.15) is 22.3 Å². The number of esters is 1. The number of phenolic OH excluding ortho intramolecular Hbond substituents is 1. The molecule has 0 atom stereocenters. The van der Waals surface area contributed by atoms with Crippen LogP contribution in [-0.2, 0) is 11.2 Å². The number of carbonyl (C=O) groups excluding carboxylic acids is 1. The Bertz CT molecular complexity index is 634. The van der Waals surface area contributed by atoms with Crippen LogP contribution >= 0.6 is 0 Å². The van der Waals surface area contributed by atoms with Gasteiger partial charge in [0.25, 0.3) is 0 Å². The maximum absolute atomic E-state index is 11.4. The molecular formula is C17H18O5. The summed E-state index contributed by atoms with van der Waals surface area (Å²) in [5.74, 6) is 0.799. The molecule has 0 aliphatic carbocycles. The lowest BCUT2D eigenvalue weighted by Gasteiger charge is -2.12. The third-order valence-electron chi connectivity index (χ3n) is 3.20. The molecule has 0 spiro atoms. The van der Waals surface area contributed by atoms with Gasteiger partial charge in [-0.1, -0.05) is 6.07 Å². The molecule has 2 aromatic rings. The van der Waals surface area contributed by atoms with Gasteiger partial charge >= 0.3 is 5.97 Å². The lowest BCUT2D eigenvalue weighted by Crippen LogP contribution is -2.00.